The zero-order valence-corrected chi connectivity index (χ0v) is 23.5. The molecular formula is C25H35Cl2IN3O3-. The molecule has 0 bridgehead atoms. The zero-order valence-electron chi connectivity index (χ0n) is 19.9. The normalized spacial score (nSPS) is 32.9. The van der Waals surface area contributed by atoms with Crippen LogP contribution in [-0.4, -0.2) is 93.0 Å². The molecule has 0 saturated carbocycles. The summed E-state index contributed by atoms with van der Waals surface area (Å²) in [5, 5.41) is 1.02. The van der Waals surface area contributed by atoms with E-state index in [-0.39, 0.29) is 39.0 Å². The molecule has 9 heteroatoms. The number of hydrogen-bond donors (Lipinski definition) is 0. The van der Waals surface area contributed by atoms with E-state index in [1.54, 1.807) is 6.07 Å². The van der Waals surface area contributed by atoms with Gasteiger partial charge in [-0.3, -0.25) is 0 Å². The van der Waals surface area contributed by atoms with Crippen molar-refractivity contribution in [2.45, 2.75) is 60.6 Å². The SMILES string of the molecule is CC12COCC([I-]N3CCCC3)C1N(C(=O)Cc1ccc(Cl)c(Cl)c1)CCN2CC1CCCO1. The fourth-order valence-electron chi connectivity index (χ4n) is 5.95. The van der Waals surface area contributed by atoms with Crippen molar-refractivity contribution in [3.63, 3.8) is 0 Å². The third kappa shape index (κ3) is 5.41. The van der Waals surface area contributed by atoms with Crippen molar-refractivity contribution >= 4 is 29.1 Å². The molecule has 4 aliphatic rings. The van der Waals surface area contributed by atoms with Crippen molar-refractivity contribution in [3.8, 4) is 0 Å². The molecule has 4 aliphatic heterocycles. The van der Waals surface area contributed by atoms with Gasteiger partial charge in [0.25, 0.3) is 0 Å². The summed E-state index contributed by atoms with van der Waals surface area (Å²) in [7, 11) is 0. The van der Waals surface area contributed by atoms with Crippen LogP contribution in [0.3, 0.4) is 0 Å². The monoisotopic (exact) mass is 622 g/mol. The first kappa shape index (κ1) is 25.5. The number of halogens is 3. The van der Waals surface area contributed by atoms with Crippen molar-refractivity contribution in [2.75, 3.05) is 52.5 Å². The third-order valence-corrected chi connectivity index (χ3v) is 12.0. The van der Waals surface area contributed by atoms with Crippen LogP contribution in [0.25, 0.3) is 0 Å². The average Bonchev–Trinajstić information content (AvgIpc) is 3.51. The maximum absolute atomic E-state index is 13.8. The summed E-state index contributed by atoms with van der Waals surface area (Å²) in [6, 6.07) is 5.69. The van der Waals surface area contributed by atoms with Crippen LogP contribution in [0.15, 0.2) is 18.2 Å². The second-order valence-electron chi connectivity index (χ2n) is 10.1. The van der Waals surface area contributed by atoms with Gasteiger partial charge in [-0.2, -0.15) is 0 Å². The van der Waals surface area contributed by atoms with Gasteiger partial charge in [-0.25, -0.2) is 0 Å². The van der Waals surface area contributed by atoms with Crippen LogP contribution in [0.2, 0.25) is 10.0 Å². The second-order valence-corrected chi connectivity index (χ2v) is 14.5. The molecular weight excluding hydrogens is 588 g/mol. The van der Waals surface area contributed by atoms with Crippen molar-refractivity contribution < 1.29 is 35.7 Å². The molecule has 0 N–H and O–H groups in total. The number of nitrogens with zero attached hydrogens (tertiary/aromatic N) is 3. The Bertz CT molecular complexity index is 881. The third-order valence-electron chi connectivity index (χ3n) is 7.74. The summed E-state index contributed by atoms with van der Waals surface area (Å²) < 4.78 is 15.4. The quantitative estimate of drug-likeness (QED) is 0.263. The minimum absolute atomic E-state index is 0.167. The molecule has 6 nitrogen and oxygen atoms in total. The first-order valence-electron chi connectivity index (χ1n) is 12.5. The fourth-order valence-corrected chi connectivity index (χ4v) is 10.4. The van der Waals surface area contributed by atoms with Crippen LogP contribution in [0.1, 0.15) is 38.2 Å². The van der Waals surface area contributed by atoms with Gasteiger partial charge >= 0.3 is 225 Å². The Hall–Kier alpha value is -0.160. The van der Waals surface area contributed by atoms with Gasteiger partial charge in [0.1, 0.15) is 0 Å². The number of alkyl halides is 1. The number of amides is 1. The van der Waals surface area contributed by atoms with Gasteiger partial charge in [-0.1, -0.05) is 0 Å². The summed E-state index contributed by atoms with van der Waals surface area (Å²) in [5.74, 6) is 0.184. The summed E-state index contributed by atoms with van der Waals surface area (Å²) in [6.07, 6.45) is 5.50. The topological polar surface area (TPSA) is 45.2 Å². The first-order valence-corrected chi connectivity index (χ1v) is 15.5. The van der Waals surface area contributed by atoms with Crippen LogP contribution in [0.5, 0.6) is 0 Å². The number of benzene rings is 1. The van der Waals surface area contributed by atoms with E-state index in [2.05, 4.69) is 19.8 Å². The Labute approximate surface area is 223 Å². The Morgan fingerprint density at radius 3 is 2.71 bits per heavy atom. The maximum atomic E-state index is 13.8. The average molecular weight is 623 g/mol. The number of fused-ring (bicyclic) bond motifs is 1. The Morgan fingerprint density at radius 2 is 1.97 bits per heavy atom. The molecule has 34 heavy (non-hydrogen) atoms. The first-order chi connectivity index (χ1) is 16.4. The van der Waals surface area contributed by atoms with Gasteiger partial charge in [-0.05, 0) is 0 Å². The van der Waals surface area contributed by atoms with E-state index in [9.17, 15) is 4.79 Å². The van der Waals surface area contributed by atoms with E-state index in [1.165, 1.54) is 25.9 Å². The van der Waals surface area contributed by atoms with Crippen LogP contribution in [-0.2, 0) is 20.7 Å². The standard InChI is InChI=1S/C25H35Cl2IN3O3/c1-25-17-33-16-22(28-30-8-2-3-9-30)24(25)31(11-10-29(25)15-19-5-4-12-34-19)23(32)14-18-6-7-20(26)21(27)13-18/h6-7,13,19,22,24H,2-5,8-12,14-17H2,1H3/q-1. The number of piperazine rings is 1. The molecule has 1 aromatic rings. The Kier molecular flexibility index (Phi) is 8.30. The number of rotatable bonds is 6. The van der Waals surface area contributed by atoms with Gasteiger partial charge in [0.05, 0.1) is 0 Å². The Morgan fingerprint density at radius 1 is 1.15 bits per heavy atom. The molecule has 4 saturated heterocycles. The van der Waals surface area contributed by atoms with E-state index in [0.717, 1.165) is 51.3 Å². The predicted octanol–water partition coefficient (Wildman–Crippen LogP) is 0.485. The molecule has 0 radical (unpaired) electrons. The number of carbonyl (C=O) groups is 1. The fraction of sp³-hybridized carbons (Fsp3) is 0.720. The minimum atomic E-state index is -0.219. The summed E-state index contributed by atoms with van der Waals surface area (Å²) in [5.41, 5.74) is 0.723. The van der Waals surface area contributed by atoms with Crippen LogP contribution in [0.4, 0.5) is 0 Å². The number of carbonyl (C=O) groups excluding carboxylic acids is 1. The van der Waals surface area contributed by atoms with Crippen molar-refractivity contribution in [3.05, 3.63) is 33.8 Å². The molecule has 190 valence electrons. The van der Waals surface area contributed by atoms with Gasteiger partial charge in [0.2, 0.25) is 0 Å². The molecule has 1 aromatic carbocycles. The van der Waals surface area contributed by atoms with Crippen molar-refractivity contribution in [1.82, 2.24) is 12.9 Å². The Balaban J connectivity index is 1.39. The van der Waals surface area contributed by atoms with Gasteiger partial charge in [-0.15, -0.1) is 0 Å². The molecule has 4 atom stereocenters. The summed E-state index contributed by atoms with van der Waals surface area (Å²) in [6.45, 7) is 9.56. The van der Waals surface area contributed by atoms with E-state index in [0.29, 0.717) is 33.1 Å². The van der Waals surface area contributed by atoms with Crippen molar-refractivity contribution in [1.29, 1.82) is 0 Å². The molecule has 0 aromatic heterocycles. The molecule has 1 amide bonds. The number of ether oxygens (including phenoxy) is 2. The summed E-state index contributed by atoms with van der Waals surface area (Å²) in [4.78, 5) is 18.5. The van der Waals surface area contributed by atoms with Crippen molar-refractivity contribution in [2.24, 2.45) is 0 Å². The van der Waals surface area contributed by atoms with Crippen LogP contribution in [0, 0.1) is 0 Å². The molecule has 0 aliphatic carbocycles. The predicted molar refractivity (Wildman–Crippen MR) is 130 cm³/mol. The molecule has 5 rings (SSSR count). The zero-order chi connectivity index (χ0) is 23.7. The van der Waals surface area contributed by atoms with E-state index in [1.807, 2.05) is 12.1 Å². The summed E-state index contributed by atoms with van der Waals surface area (Å²) >= 11 is 12.1. The van der Waals surface area contributed by atoms with Gasteiger partial charge in [0.15, 0.2) is 0 Å². The van der Waals surface area contributed by atoms with Crippen LogP contribution >= 0.6 is 23.2 Å². The molecule has 4 fully saturated rings. The van der Waals surface area contributed by atoms with Crippen LogP contribution < -0.4 is 21.5 Å². The molecule has 4 heterocycles. The second kappa shape index (κ2) is 11.1. The van der Waals surface area contributed by atoms with Gasteiger partial charge in [0, 0.05) is 0 Å². The number of hydrogen-bond acceptors (Lipinski definition) is 5. The molecule has 4 unspecified atom stereocenters. The van der Waals surface area contributed by atoms with E-state index < -0.39 is 0 Å². The van der Waals surface area contributed by atoms with Gasteiger partial charge < -0.3 is 0 Å². The van der Waals surface area contributed by atoms with E-state index >= 15 is 0 Å². The van der Waals surface area contributed by atoms with E-state index in [4.69, 9.17) is 32.7 Å². The molecule has 0 spiro atoms.